The molecule has 3 aromatic rings. The summed E-state index contributed by atoms with van der Waals surface area (Å²) in [6.07, 6.45) is 0. The number of aromatic nitrogens is 2. The first kappa shape index (κ1) is 16.1. The predicted octanol–water partition coefficient (Wildman–Crippen LogP) is 3.84. The lowest BCUT2D eigenvalue weighted by Crippen LogP contribution is -2.27. The Labute approximate surface area is 146 Å². The minimum absolute atomic E-state index is 0.372. The Hall–Kier alpha value is -2.73. The van der Waals surface area contributed by atoms with Crippen LogP contribution in [0.3, 0.4) is 0 Å². The van der Waals surface area contributed by atoms with Gasteiger partial charge in [-0.25, -0.2) is 0 Å². The molecular formula is C18H18N4OS. The minimum atomic E-state index is 0.372. The van der Waals surface area contributed by atoms with Gasteiger partial charge in [0, 0.05) is 11.3 Å². The van der Waals surface area contributed by atoms with E-state index in [2.05, 4.69) is 20.8 Å². The van der Waals surface area contributed by atoms with Crippen molar-refractivity contribution in [3.63, 3.8) is 0 Å². The van der Waals surface area contributed by atoms with Gasteiger partial charge in [-0.2, -0.15) is 4.98 Å². The van der Waals surface area contributed by atoms with Gasteiger partial charge in [0.05, 0.1) is 6.54 Å². The normalized spacial score (nSPS) is 10.4. The standard InChI is InChI=1S/C18H18N4OS/c1-12-3-7-14(8-4-12)17-21-16(23-22-17)11-19-18(24)20-15-9-5-13(2)6-10-15/h3-10H,11H2,1-2H3,(H2,19,20,24). The third-order valence-corrected chi connectivity index (χ3v) is 3.73. The first-order valence-corrected chi connectivity index (χ1v) is 8.02. The Balaban J connectivity index is 1.56. The molecule has 0 saturated heterocycles. The van der Waals surface area contributed by atoms with E-state index >= 15 is 0 Å². The van der Waals surface area contributed by atoms with E-state index in [9.17, 15) is 0 Å². The van der Waals surface area contributed by atoms with E-state index in [0.717, 1.165) is 11.3 Å². The molecule has 0 aliphatic rings. The maximum Gasteiger partial charge on any atom is 0.246 e. The van der Waals surface area contributed by atoms with Gasteiger partial charge in [0.15, 0.2) is 5.11 Å². The summed E-state index contributed by atoms with van der Waals surface area (Å²) in [5.74, 6) is 1.06. The Kier molecular flexibility index (Phi) is 4.86. The summed E-state index contributed by atoms with van der Waals surface area (Å²) in [6.45, 7) is 4.45. The monoisotopic (exact) mass is 338 g/mol. The molecule has 0 unspecified atom stereocenters. The van der Waals surface area contributed by atoms with E-state index in [1.54, 1.807) is 0 Å². The molecule has 24 heavy (non-hydrogen) atoms. The molecule has 0 atom stereocenters. The molecule has 2 N–H and O–H groups in total. The number of hydrogen-bond donors (Lipinski definition) is 2. The van der Waals surface area contributed by atoms with Gasteiger partial charge in [-0.3, -0.25) is 0 Å². The van der Waals surface area contributed by atoms with Crippen LogP contribution in [0.1, 0.15) is 17.0 Å². The highest BCUT2D eigenvalue weighted by atomic mass is 32.1. The molecule has 0 bridgehead atoms. The van der Waals surface area contributed by atoms with Crippen molar-refractivity contribution in [1.82, 2.24) is 15.5 Å². The van der Waals surface area contributed by atoms with E-state index in [0.29, 0.717) is 23.4 Å². The zero-order chi connectivity index (χ0) is 16.9. The van der Waals surface area contributed by atoms with Crippen molar-refractivity contribution in [2.45, 2.75) is 20.4 Å². The quantitative estimate of drug-likeness (QED) is 0.705. The highest BCUT2D eigenvalue weighted by Crippen LogP contribution is 2.16. The van der Waals surface area contributed by atoms with Gasteiger partial charge >= 0.3 is 0 Å². The van der Waals surface area contributed by atoms with Crippen LogP contribution in [0.15, 0.2) is 53.1 Å². The average molecular weight is 338 g/mol. The zero-order valence-electron chi connectivity index (χ0n) is 13.5. The second kappa shape index (κ2) is 7.23. The SMILES string of the molecule is Cc1ccc(NC(=S)NCc2nc(-c3ccc(C)cc3)no2)cc1. The molecule has 1 heterocycles. The van der Waals surface area contributed by atoms with Crippen LogP contribution in [0.5, 0.6) is 0 Å². The van der Waals surface area contributed by atoms with Crippen LogP contribution in [0.2, 0.25) is 0 Å². The van der Waals surface area contributed by atoms with Crippen molar-refractivity contribution in [3.8, 4) is 11.4 Å². The van der Waals surface area contributed by atoms with Crippen molar-refractivity contribution >= 4 is 23.0 Å². The molecule has 0 spiro atoms. The molecule has 0 aliphatic carbocycles. The maximum absolute atomic E-state index is 5.27. The van der Waals surface area contributed by atoms with Gasteiger partial charge in [-0.1, -0.05) is 52.7 Å². The van der Waals surface area contributed by atoms with Gasteiger partial charge in [0.1, 0.15) is 0 Å². The van der Waals surface area contributed by atoms with Crippen molar-refractivity contribution < 1.29 is 4.52 Å². The van der Waals surface area contributed by atoms with Gasteiger partial charge < -0.3 is 15.2 Å². The van der Waals surface area contributed by atoms with E-state index in [-0.39, 0.29) is 0 Å². The van der Waals surface area contributed by atoms with Crippen LogP contribution in [-0.2, 0) is 6.54 Å². The van der Waals surface area contributed by atoms with Crippen LogP contribution in [0, 0.1) is 13.8 Å². The van der Waals surface area contributed by atoms with Crippen molar-refractivity contribution in [1.29, 1.82) is 0 Å². The molecule has 6 heteroatoms. The Morgan fingerprint density at radius 2 is 1.62 bits per heavy atom. The molecule has 0 fully saturated rings. The number of aryl methyl sites for hydroxylation is 2. The average Bonchev–Trinajstić information content (AvgIpc) is 3.05. The largest absolute Gasteiger partial charge is 0.353 e. The molecule has 122 valence electrons. The Morgan fingerprint density at radius 1 is 1.00 bits per heavy atom. The fraction of sp³-hybridized carbons (Fsp3) is 0.167. The number of nitrogens with one attached hydrogen (secondary N) is 2. The summed E-state index contributed by atoms with van der Waals surface area (Å²) < 4.78 is 5.25. The first-order valence-electron chi connectivity index (χ1n) is 7.61. The van der Waals surface area contributed by atoms with Crippen molar-refractivity contribution in [2.75, 3.05) is 5.32 Å². The number of hydrogen-bond acceptors (Lipinski definition) is 4. The summed E-state index contributed by atoms with van der Waals surface area (Å²) in [6, 6.07) is 16.0. The molecule has 5 nitrogen and oxygen atoms in total. The maximum atomic E-state index is 5.27. The number of rotatable bonds is 4. The van der Waals surface area contributed by atoms with E-state index in [4.69, 9.17) is 16.7 Å². The topological polar surface area (TPSA) is 63.0 Å². The van der Waals surface area contributed by atoms with E-state index in [1.807, 2.05) is 62.4 Å². The number of anilines is 1. The predicted molar refractivity (Wildman–Crippen MR) is 98.7 cm³/mol. The van der Waals surface area contributed by atoms with E-state index in [1.165, 1.54) is 11.1 Å². The van der Waals surface area contributed by atoms with Gasteiger partial charge in [-0.15, -0.1) is 0 Å². The lowest BCUT2D eigenvalue weighted by atomic mass is 10.1. The molecule has 0 aliphatic heterocycles. The van der Waals surface area contributed by atoms with Gasteiger partial charge in [0.25, 0.3) is 0 Å². The van der Waals surface area contributed by atoms with Gasteiger partial charge in [0.2, 0.25) is 11.7 Å². The molecule has 0 amide bonds. The van der Waals surface area contributed by atoms with Crippen molar-refractivity contribution in [2.24, 2.45) is 0 Å². The highest BCUT2D eigenvalue weighted by Gasteiger charge is 2.08. The van der Waals surface area contributed by atoms with Crippen LogP contribution in [-0.4, -0.2) is 15.3 Å². The minimum Gasteiger partial charge on any atom is -0.353 e. The highest BCUT2D eigenvalue weighted by molar-refractivity contribution is 7.80. The smallest absolute Gasteiger partial charge is 0.246 e. The molecule has 1 aromatic heterocycles. The molecule has 3 rings (SSSR count). The third-order valence-electron chi connectivity index (χ3n) is 3.49. The van der Waals surface area contributed by atoms with Crippen LogP contribution in [0.4, 0.5) is 5.69 Å². The summed E-state index contributed by atoms with van der Waals surface area (Å²) in [5.41, 5.74) is 4.26. The van der Waals surface area contributed by atoms with Crippen LogP contribution >= 0.6 is 12.2 Å². The number of benzene rings is 2. The number of nitrogens with zero attached hydrogens (tertiary/aromatic N) is 2. The Bertz CT molecular complexity index is 825. The second-order valence-electron chi connectivity index (χ2n) is 5.55. The molecule has 0 saturated carbocycles. The second-order valence-corrected chi connectivity index (χ2v) is 5.96. The lowest BCUT2D eigenvalue weighted by molar-refractivity contribution is 0.376. The summed E-state index contributed by atoms with van der Waals surface area (Å²) in [4.78, 5) is 4.37. The fourth-order valence-electron chi connectivity index (χ4n) is 2.11. The van der Waals surface area contributed by atoms with Gasteiger partial charge in [-0.05, 0) is 38.2 Å². The third kappa shape index (κ3) is 4.17. The molecule has 2 aromatic carbocycles. The van der Waals surface area contributed by atoms with Crippen LogP contribution in [0.25, 0.3) is 11.4 Å². The molecular weight excluding hydrogens is 320 g/mol. The summed E-state index contributed by atoms with van der Waals surface area (Å²) in [5, 5.41) is 10.7. The van der Waals surface area contributed by atoms with Crippen molar-refractivity contribution in [3.05, 3.63) is 65.5 Å². The number of thiocarbonyl (C=S) groups is 1. The van der Waals surface area contributed by atoms with E-state index < -0.39 is 0 Å². The van der Waals surface area contributed by atoms with Crippen LogP contribution < -0.4 is 10.6 Å². The summed E-state index contributed by atoms with van der Waals surface area (Å²) >= 11 is 5.27. The first-order chi connectivity index (χ1) is 11.6. The summed E-state index contributed by atoms with van der Waals surface area (Å²) in [7, 11) is 0. The molecule has 0 radical (unpaired) electrons. The Morgan fingerprint density at radius 3 is 2.29 bits per heavy atom. The lowest BCUT2D eigenvalue weighted by Gasteiger charge is -2.08. The zero-order valence-corrected chi connectivity index (χ0v) is 14.4. The fourth-order valence-corrected chi connectivity index (χ4v) is 2.30.